The molecule has 150 valence electrons. The molecule has 1 atom stereocenters. The zero-order valence-corrected chi connectivity index (χ0v) is 16.9. The lowest BCUT2D eigenvalue weighted by atomic mass is 10.1. The van der Waals surface area contributed by atoms with Gasteiger partial charge in [-0.3, -0.25) is 4.79 Å². The van der Waals surface area contributed by atoms with Gasteiger partial charge in [0.05, 0.1) is 11.5 Å². The van der Waals surface area contributed by atoms with Gasteiger partial charge >= 0.3 is 5.97 Å². The third-order valence-electron chi connectivity index (χ3n) is 5.07. The fourth-order valence-electron chi connectivity index (χ4n) is 3.70. The van der Waals surface area contributed by atoms with Crippen molar-refractivity contribution in [3.05, 3.63) is 52.3 Å². The third kappa shape index (κ3) is 3.96. The lowest BCUT2D eigenvalue weighted by Gasteiger charge is -2.16. The highest BCUT2D eigenvalue weighted by atomic mass is 32.2. The first-order valence-corrected chi connectivity index (χ1v) is 10.8. The van der Waals surface area contributed by atoms with Crippen LogP contribution in [0.4, 0.5) is 0 Å². The van der Waals surface area contributed by atoms with Crippen LogP contribution < -0.4 is 0 Å². The second kappa shape index (κ2) is 7.43. The summed E-state index contributed by atoms with van der Waals surface area (Å²) in [5, 5.41) is 9.85. The van der Waals surface area contributed by atoms with Crippen LogP contribution in [0.2, 0.25) is 0 Å². The first-order chi connectivity index (χ1) is 13.1. The minimum Gasteiger partial charge on any atom is -0.507 e. The molecule has 8 heteroatoms. The number of phenols is 1. The molecule has 7 nitrogen and oxygen atoms in total. The summed E-state index contributed by atoms with van der Waals surface area (Å²) in [5.74, 6) is -1.13. The molecule has 3 rings (SSSR count). The van der Waals surface area contributed by atoms with E-state index in [0.717, 1.165) is 11.3 Å². The molecule has 1 saturated heterocycles. The Kier molecular flexibility index (Phi) is 5.34. The highest BCUT2D eigenvalue weighted by Crippen LogP contribution is 2.29. The van der Waals surface area contributed by atoms with Gasteiger partial charge < -0.3 is 14.4 Å². The zero-order chi connectivity index (χ0) is 20.6. The van der Waals surface area contributed by atoms with Gasteiger partial charge in [-0.2, -0.15) is 0 Å². The van der Waals surface area contributed by atoms with Crippen LogP contribution in [0.15, 0.2) is 24.3 Å². The van der Waals surface area contributed by atoms with Crippen LogP contribution in [-0.4, -0.2) is 48.0 Å². The number of hydrogen-bond acceptors (Lipinski definition) is 6. The number of Topliss-reactive ketones (excluding diaryl/α,β-unsaturated/α-hetero) is 1. The molecule has 1 aromatic carbocycles. The van der Waals surface area contributed by atoms with E-state index in [1.165, 1.54) is 12.1 Å². The van der Waals surface area contributed by atoms with Gasteiger partial charge in [-0.05, 0) is 51.0 Å². The first-order valence-electron chi connectivity index (χ1n) is 8.98. The van der Waals surface area contributed by atoms with Crippen molar-refractivity contribution in [3.63, 3.8) is 0 Å². The summed E-state index contributed by atoms with van der Waals surface area (Å²) in [6, 6.07) is 6.07. The van der Waals surface area contributed by atoms with Gasteiger partial charge in [0.15, 0.2) is 16.4 Å². The van der Waals surface area contributed by atoms with Gasteiger partial charge in [0.2, 0.25) is 5.78 Å². The van der Waals surface area contributed by atoms with E-state index < -0.39 is 22.4 Å². The highest BCUT2D eigenvalue weighted by Gasteiger charge is 2.31. The minimum atomic E-state index is -3.05. The smallest absolute Gasteiger partial charge is 0.342 e. The predicted octanol–water partition coefficient (Wildman–Crippen LogP) is 2.52. The highest BCUT2D eigenvalue weighted by molar-refractivity contribution is 7.91. The second-order valence-electron chi connectivity index (χ2n) is 7.23. The van der Waals surface area contributed by atoms with Crippen molar-refractivity contribution in [1.82, 2.24) is 4.57 Å². The summed E-state index contributed by atoms with van der Waals surface area (Å²) < 4.78 is 30.5. The molecule has 1 aliphatic heterocycles. The Balaban J connectivity index is 1.73. The number of nitrogens with zero attached hydrogens (tertiary/aromatic N) is 1. The monoisotopic (exact) mass is 405 g/mol. The number of carbonyl (C=O) groups is 2. The van der Waals surface area contributed by atoms with Crippen LogP contribution in [0.5, 0.6) is 5.75 Å². The van der Waals surface area contributed by atoms with Crippen molar-refractivity contribution in [2.75, 3.05) is 18.1 Å². The standard InChI is InChI=1S/C20H23NO6S/c1-12-4-5-16(18(22)8-12)20(24)27-10-19(23)17-9-13(2)21(14(17)3)15-6-7-28(25,26)11-15/h4-5,8-9,15,22H,6-7,10-11H2,1-3H3/t15-/m1/s1. The molecule has 2 aromatic rings. The molecule has 0 aliphatic carbocycles. The maximum Gasteiger partial charge on any atom is 0.342 e. The zero-order valence-electron chi connectivity index (χ0n) is 16.1. The molecule has 0 amide bonds. The van der Waals surface area contributed by atoms with E-state index in [2.05, 4.69) is 0 Å². The summed E-state index contributed by atoms with van der Waals surface area (Å²) in [7, 11) is -3.05. The number of ether oxygens (including phenoxy) is 1. The number of rotatable bonds is 5. The van der Waals surface area contributed by atoms with Gasteiger partial charge in [0.1, 0.15) is 11.3 Å². The molecule has 0 spiro atoms. The van der Waals surface area contributed by atoms with Crippen molar-refractivity contribution < 1.29 is 27.9 Å². The van der Waals surface area contributed by atoms with Crippen molar-refractivity contribution in [3.8, 4) is 5.75 Å². The lowest BCUT2D eigenvalue weighted by molar-refractivity contribution is 0.0471. The summed E-state index contributed by atoms with van der Waals surface area (Å²) in [5.41, 5.74) is 2.67. The molecule has 0 unspecified atom stereocenters. The van der Waals surface area contributed by atoms with E-state index in [9.17, 15) is 23.1 Å². The normalized spacial score (nSPS) is 18.2. The fourth-order valence-corrected chi connectivity index (χ4v) is 5.40. The van der Waals surface area contributed by atoms with Crippen LogP contribution >= 0.6 is 0 Å². The summed E-state index contributed by atoms with van der Waals surface area (Å²) in [4.78, 5) is 24.7. The average Bonchev–Trinajstić information content (AvgIpc) is 3.10. The summed E-state index contributed by atoms with van der Waals surface area (Å²) >= 11 is 0. The van der Waals surface area contributed by atoms with Crippen molar-refractivity contribution in [2.24, 2.45) is 0 Å². The van der Waals surface area contributed by atoms with E-state index >= 15 is 0 Å². The Morgan fingerprint density at radius 3 is 2.50 bits per heavy atom. The molecule has 2 heterocycles. The van der Waals surface area contributed by atoms with Gasteiger partial charge in [-0.15, -0.1) is 0 Å². The third-order valence-corrected chi connectivity index (χ3v) is 6.82. The molecular weight excluding hydrogens is 382 g/mol. The predicted molar refractivity (Wildman–Crippen MR) is 104 cm³/mol. The Bertz CT molecular complexity index is 1050. The van der Waals surface area contributed by atoms with Gasteiger partial charge in [-0.1, -0.05) is 6.07 Å². The number of ketones is 1. The Morgan fingerprint density at radius 1 is 1.18 bits per heavy atom. The van der Waals surface area contributed by atoms with Crippen molar-refractivity contribution >= 4 is 21.6 Å². The van der Waals surface area contributed by atoms with Crippen molar-refractivity contribution in [1.29, 1.82) is 0 Å². The quantitative estimate of drug-likeness (QED) is 0.606. The molecule has 1 fully saturated rings. The molecule has 0 radical (unpaired) electrons. The van der Waals surface area contributed by atoms with E-state index in [1.807, 2.05) is 11.5 Å². The number of aryl methyl sites for hydroxylation is 2. The van der Waals surface area contributed by atoms with E-state index in [4.69, 9.17) is 4.74 Å². The van der Waals surface area contributed by atoms with Gasteiger partial charge in [0, 0.05) is 23.0 Å². The van der Waals surface area contributed by atoms with Crippen LogP contribution in [-0.2, 0) is 14.6 Å². The number of phenolic OH excluding ortho intramolecular Hbond substituents is 1. The van der Waals surface area contributed by atoms with Crippen LogP contribution in [0, 0.1) is 20.8 Å². The van der Waals surface area contributed by atoms with Gasteiger partial charge in [-0.25, -0.2) is 13.2 Å². The first kappa shape index (κ1) is 20.1. The minimum absolute atomic E-state index is 0.0000323. The topological polar surface area (TPSA) is 103 Å². The SMILES string of the molecule is Cc1ccc(C(=O)OCC(=O)c2cc(C)n([C@@H]3CCS(=O)(=O)C3)c2C)c(O)c1. The molecule has 0 saturated carbocycles. The Hall–Kier alpha value is -2.61. The van der Waals surface area contributed by atoms with E-state index in [1.54, 1.807) is 26.0 Å². The lowest BCUT2D eigenvalue weighted by Crippen LogP contribution is -2.17. The number of sulfone groups is 1. The number of benzene rings is 1. The van der Waals surface area contributed by atoms with Crippen LogP contribution in [0.1, 0.15) is 50.1 Å². The number of hydrogen-bond donors (Lipinski definition) is 1. The number of aromatic hydroxyl groups is 1. The second-order valence-corrected chi connectivity index (χ2v) is 9.46. The molecule has 1 aliphatic rings. The summed E-state index contributed by atoms with van der Waals surface area (Å²) in [6.07, 6.45) is 0.522. The molecule has 1 N–H and O–H groups in total. The number of esters is 1. The van der Waals surface area contributed by atoms with E-state index in [0.29, 0.717) is 17.7 Å². The maximum absolute atomic E-state index is 12.6. The van der Waals surface area contributed by atoms with Crippen LogP contribution in [0.25, 0.3) is 0 Å². The number of carbonyl (C=O) groups excluding carboxylic acids is 2. The van der Waals surface area contributed by atoms with E-state index in [-0.39, 0.29) is 34.6 Å². The molecular formula is C20H23NO6S. The maximum atomic E-state index is 12.6. The van der Waals surface area contributed by atoms with Crippen molar-refractivity contribution in [2.45, 2.75) is 33.2 Å². The molecule has 28 heavy (non-hydrogen) atoms. The fraction of sp³-hybridized carbons (Fsp3) is 0.400. The largest absolute Gasteiger partial charge is 0.507 e. The summed E-state index contributed by atoms with van der Waals surface area (Å²) in [6.45, 7) is 4.91. The average molecular weight is 405 g/mol. The Morgan fingerprint density at radius 2 is 1.89 bits per heavy atom. The van der Waals surface area contributed by atoms with Crippen LogP contribution in [0.3, 0.4) is 0 Å². The molecule has 0 bridgehead atoms. The molecule has 1 aromatic heterocycles. The number of aromatic nitrogens is 1. The van der Waals surface area contributed by atoms with Gasteiger partial charge in [0.25, 0.3) is 0 Å². The Labute approximate surface area is 163 Å².